The maximum atomic E-state index is 11.8. The molecule has 4 aromatic rings. The molecule has 0 fully saturated rings. The molecule has 1 atom stereocenters. The second kappa shape index (κ2) is 6.76. The molecule has 4 rings (SSSR count). The number of benzene rings is 2. The molecule has 0 bridgehead atoms. The normalized spacial score (nSPS) is 13.0. The van der Waals surface area contributed by atoms with Crippen LogP contribution in [-0.2, 0) is 0 Å². The van der Waals surface area contributed by atoms with E-state index in [1.807, 2.05) is 30.3 Å². The fourth-order valence-electron chi connectivity index (χ4n) is 3.28. The van der Waals surface area contributed by atoms with Gasteiger partial charge in [0, 0.05) is 0 Å². The summed E-state index contributed by atoms with van der Waals surface area (Å²) in [6, 6.07) is 17.7. The van der Waals surface area contributed by atoms with Crippen molar-refractivity contribution >= 4 is 25.5 Å². The Kier molecular flexibility index (Phi) is 4.42. The Morgan fingerprint density at radius 2 is 1.89 bits per heavy atom. The maximum absolute atomic E-state index is 11.8. The Morgan fingerprint density at radius 1 is 1.11 bits per heavy atom. The number of aromatic nitrogens is 2. The van der Waals surface area contributed by atoms with Crippen molar-refractivity contribution in [3.63, 3.8) is 0 Å². The summed E-state index contributed by atoms with van der Waals surface area (Å²) in [5, 5.41) is 18.4. The van der Waals surface area contributed by atoms with Crippen LogP contribution in [0.5, 0.6) is 0 Å². The summed E-state index contributed by atoms with van der Waals surface area (Å²) in [5.41, 5.74) is 0.395. The first-order valence-corrected chi connectivity index (χ1v) is 10.1. The number of hydrogen-bond donors (Lipinski definition) is 0. The molecule has 0 aliphatic rings. The summed E-state index contributed by atoms with van der Waals surface area (Å²) in [5.74, 6) is 0.0399. The zero-order chi connectivity index (χ0) is 19.0. The first-order chi connectivity index (χ1) is 13.0. The number of rotatable bonds is 5. The average Bonchev–Trinajstić information content (AvgIpc) is 3.34. The molecule has 0 spiro atoms. The first kappa shape index (κ1) is 17.6. The van der Waals surface area contributed by atoms with Gasteiger partial charge >= 0.3 is 162 Å². The van der Waals surface area contributed by atoms with Crippen LogP contribution in [0.4, 0.5) is 0 Å². The van der Waals surface area contributed by atoms with Crippen LogP contribution in [0.2, 0.25) is 0 Å². The fourth-order valence-corrected chi connectivity index (χ4v) is 5.31. The molecule has 7 heteroatoms. The van der Waals surface area contributed by atoms with E-state index in [4.69, 9.17) is 4.42 Å². The van der Waals surface area contributed by atoms with Gasteiger partial charge in [0.25, 0.3) is 0 Å². The molecule has 0 saturated carbocycles. The zero-order valence-electron chi connectivity index (χ0n) is 14.8. The first-order valence-electron chi connectivity index (χ1n) is 8.48. The van der Waals surface area contributed by atoms with Gasteiger partial charge in [0.2, 0.25) is 0 Å². The Balaban J connectivity index is 1.88. The van der Waals surface area contributed by atoms with E-state index >= 15 is 0 Å². The van der Waals surface area contributed by atoms with Gasteiger partial charge in [-0.3, -0.25) is 0 Å². The van der Waals surface area contributed by atoms with E-state index in [0.29, 0.717) is 5.76 Å². The van der Waals surface area contributed by atoms with Gasteiger partial charge < -0.3 is 0 Å². The molecule has 2 aromatic carbocycles. The molecule has 1 unspecified atom stereocenters. The van der Waals surface area contributed by atoms with Crippen molar-refractivity contribution in [2.24, 2.45) is 0 Å². The third kappa shape index (κ3) is 3.09. The molecular formula is C20H17N3O3Se. The van der Waals surface area contributed by atoms with Crippen molar-refractivity contribution in [3.8, 4) is 11.3 Å². The molecule has 0 N–H and O–H groups in total. The van der Waals surface area contributed by atoms with Crippen LogP contribution in [0, 0.1) is 10.1 Å². The molecule has 27 heavy (non-hydrogen) atoms. The van der Waals surface area contributed by atoms with Crippen LogP contribution >= 0.6 is 0 Å². The molecule has 2 aromatic heterocycles. The van der Waals surface area contributed by atoms with E-state index in [2.05, 4.69) is 21.3 Å². The van der Waals surface area contributed by atoms with Crippen molar-refractivity contribution in [2.75, 3.05) is 0 Å². The number of fused-ring (bicyclic) bond motifs is 1. The van der Waals surface area contributed by atoms with Crippen molar-refractivity contribution in [3.05, 3.63) is 81.2 Å². The summed E-state index contributed by atoms with van der Waals surface area (Å²) < 4.78 is 10.7. The van der Waals surface area contributed by atoms with E-state index in [1.165, 1.54) is 0 Å². The van der Waals surface area contributed by atoms with E-state index in [1.54, 1.807) is 32.2 Å². The molecule has 0 aliphatic carbocycles. The predicted molar refractivity (Wildman–Crippen MR) is 104 cm³/mol. The second-order valence-corrected chi connectivity index (χ2v) is 8.56. The summed E-state index contributed by atoms with van der Waals surface area (Å²) in [6.07, 6.45) is 1.55. The summed E-state index contributed by atoms with van der Waals surface area (Å²) >= 11 is -0.314. The second-order valence-electron chi connectivity index (χ2n) is 6.91. The van der Waals surface area contributed by atoms with Gasteiger partial charge in [-0.15, -0.1) is 0 Å². The van der Waals surface area contributed by atoms with Gasteiger partial charge in [-0.2, -0.15) is 0 Å². The van der Waals surface area contributed by atoms with Gasteiger partial charge in [0.1, 0.15) is 0 Å². The van der Waals surface area contributed by atoms with Crippen LogP contribution in [0.25, 0.3) is 22.0 Å². The number of hydrogen-bond acceptors (Lipinski definition) is 5. The summed E-state index contributed by atoms with van der Waals surface area (Å²) in [4.78, 5) is 11.6. The minimum atomic E-state index is -1.24. The van der Waals surface area contributed by atoms with Gasteiger partial charge in [0.15, 0.2) is 0 Å². The number of furan rings is 1. The zero-order valence-corrected chi connectivity index (χ0v) is 16.5. The van der Waals surface area contributed by atoms with Crippen LogP contribution in [0.1, 0.15) is 30.0 Å². The van der Waals surface area contributed by atoms with E-state index in [0.717, 1.165) is 26.5 Å². The number of nitrogens with zero attached hydrogens (tertiary/aromatic N) is 3. The quantitative estimate of drug-likeness (QED) is 0.272. The van der Waals surface area contributed by atoms with Crippen molar-refractivity contribution < 1.29 is 9.34 Å². The van der Waals surface area contributed by atoms with Gasteiger partial charge in [0.05, 0.1) is 0 Å². The molecule has 0 saturated heterocycles. The van der Waals surface area contributed by atoms with Crippen molar-refractivity contribution in [1.82, 2.24) is 9.19 Å². The third-order valence-corrected chi connectivity index (χ3v) is 6.46. The molecule has 0 amide bonds. The Labute approximate surface area is 162 Å². The van der Waals surface area contributed by atoms with E-state index in [9.17, 15) is 10.1 Å². The standard InChI is InChI=1S/C20H17N3O3Se/c1-20(2,23(24)25)17(16-8-5-11-26-16)19-18(21-22-27-19)15-10-9-13-6-3-4-7-14(13)12-15/h3-12,17H,1-2H3. The molecule has 6 nitrogen and oxygen atoms in total. The Hall–Kier alpha value is -2.76. The van der Waals surface area contributed by atoms with Crippen LogP contribution in [0.15, 0.2) is 65.3 Å². The Morgan fingerprint density at radius 3 is 2.59 bits per heavy atom. The van der Waals surface area contributed by atoms with Gasteiger partial charge in [-0.05, 0) is 0 Å². The van der Waals surface area contributed by atoms with Crippen LogP contribution in [-0.4, -0.2) is 34.4 Å². The van der Waals surface area contributed by atoms with Gasteiger partial charge in [-0.25, -0.2) is 0 Å². The van der Waals surface area contributed by atoms with E-state index in [-0.39, 0.29) is 19.7 Å². The van der Waals surface area contributed by atoms with Crippen LogP contribution < -0.4 is 0 Å². The average molecular weight is 426 g/mol. The molecule has 136 valence electrons. The summed E-state index contributed by atoms with van der Waals surface area (Å²) in [6.45, 7) is 3.25. The molecular weight excluding hydrogens is 409 g/mol. The van der Waals surface area contributed by atoms with Crippen molar-refractivity contribution in [2.45, 2.75) is 25.3 Å². The Bertz CT molecular complexity index is 1100. The molecule has 2 heterocycles. The molecule has 0 aliphatic heterocycles. The predicted octanol–water partition coefficient (Wildman–Crippen LogP) is 4.13. The fraction of sp³-hybridized carbons (Fsp3) is 0.200. The molecule has 0 radical (unpaired) electrons. The topological polar surface area (TPSA) is 82.1 Å². The van der Waals surface area contributed by atoms with Gasteiger partial charge in [-0.1, -0.05) is 0 Å². The number of nitro groups is 1. The monoisotopic (exact) mass is 427 g/mol. The SMILES string of the molecule is CC(C)(C(c1ccco1)c1[se]nnc1-c1ccc2ccccc2c1)[N+](=O)[O-]. The van der Waals surface area contributed by atoms with Crippen molar-refractivity contribution in [1.29, 1.82) is 0 Å². The summed E-state index contributed by atoms with van der Waals surface area (Å²) in [7, 11) is 0. The van der Waals surface area contributed by atoms with Crippen LogP contribution in [0.3, 0.4) is 0 Å². The minimum absolute atomic E-state index is 0.250. The third-order valence-electron chi connectivity index (χ3n) is 4.80. The van der Waals surface area contributed by atoms with E-state index < -0.39 is 11.5 Å².